The van der Waals surface area contributed by atoms with E-state index in [9.17, 15) is 21.6 Å². The van der Waals surface area contributed by atoms with Crippen molar-refractivity contribution in [2.45, 2.75) is 18.2 Å². The Morgan fingerprint density at radius 1 is 1.15 bits per heavy atom. The molecule has 0 unspecified atom stereocenters. The Kier molecular flexibility index (Phi) is 4.55. The zero-order valence-electron chi connectivity index (χ0n) is 13.4. The number of pyridine rings is 1. The molecule has 0 aliphatic heterocycles. The molecule has 0 radical (unpaired) electrons. The number of aromatic nitrogens is 3. The third-order valence-electron chi connectivity index (χ3n) is 3.58. The van der Waals surface area contributed by atoms with Crippen LogP contribution in [0.1, 0.15) is 17.8 Å². The minimum absolute atomic E-state index is 0.137. The molecule has 0 saturated carbocycles. The molecular formula is C16H13F3N4O2S. The van der Waals surface area contributed by atoms with E-state index in [-0.39, 0.29) is 17.1 Å². The van der Waals surface area contributed by atoms with E-state index in [2.05, 4.69) is 10.1 Å². The molecule has 0 fully saturated rings. The Labute approximate surface area is 147 Å². The highest BCUT2D eigenvalue weighted by atomic mass is 32.2. The van der Waals surface area contributed by atoms with Crippen LogP contribution in [-0.4, -0.2) is 23.2 Å². The number of rotatable bonds is 4. The van der Waals surface area contributed by atoms with Gasteiger partial charge in [-0.3, -0.25) is 0 Å². The van der Waals surface area contributed by atoms with Crippen molar-refractivity contribution in [2.24, 2.45) is 5.14 Å². The van der Waals surface area contributed by atoms with Crippen LogP contribution in [0.5, 0.6) is 0 Å². The zero-order chi connectivity index (χ0) is 19.1. The van der Waals surface area contributed by atoms with Crippen LogP contribution in [0.15, 0.2) is 47.4 Å². The largest absolute Gasteiger partial charge is 0.282 e. The second-order valence-electron chi connectivity index (χ2n) is 5.49. The number of hydrogen-bond acceptors (Lipinski definition) is 4. The van der Waals surface area contributed by atoms with Crippen molar-refractivity contribution in [1.29, 1.82) is 0 Å². The van der Waals surface area contributed by atoms with E-state index in [1.165, 1.54) is 6.07 Å². The molecule has 3 aromatic rings. The number of nitrogens with zero attached hydrogens (tertiary/aromatic N) is 3. The van der Waals surface area contributed by atoms with E-state index in [1.54, 1.807) is 25.1 Å². The van der Waals surface area contributed by atoms with E-state index in [0.29, 0.717) is 5.69 Å². The van der Waals surface area contributed by atoms with Crippen molar-refractivity contribution in [2.75, 3.05) is 0 Å². The van der Waals surface area contributed by atoms with Crippen molar-refractivity contribution in [1.82, 2.24) is 14.8 Å². The van der Waals surface area contributed by atoms with E-state index < -0.39 is 32.9 Å². The van der Waals surface area contributed by atoms with Gasteiger partial charge in [-0.05, 0) is 37.3 Å². The monoisotopic (exact) mass is 382 g/mol. The standard InChI is InChI=1S/C16H13F3N4O2S/c1-9-3-2-4-15(21-9)23-13(8-12(22-23)16(18)19)10-5-6-14(11(17)7-10)26(20,24)25/h2-8,16H,1H3,(H2,20,24,25). The molecule has 1 aromatic carbocycles. The van der Waals surface area contributed by atoms with Gasteiger partial charge in [-0.15, -0.1) is 0 Å². The molecule has 0 atom stereocenters. The lowest BCUT2D eigenvalue weighted by Gasteiger charge is -2.08. The zero-order valence-corrected chi connectivity index (χ0v) is 14.2. The molecule has 2 heterocycles. The Hall–Kier alpha value is -2.72. The van der Waals surface area contributed by atoms with Crippen LogP contribution >= 0.6 is 0 Å². The summed E-state index contributed by atoms with van der Waals surface area (Å²) in [4.78, 5) is 3.54. The summed E-state index contributed by atoms with van der Waals surface area (Å²) in [6, 6.07) is 9.20. The first kappa shape index (κ1) is 18.1. The number of nitrogens with two attached hydrogens (primary N) is 1. The fourth-order valence-electron chi connectivity index (χ4n) is 2.42. The smallest absolute Gasteiger partial charge is 0.234 e. The highest BCUT2D eigenvalue weighted by Gasteiger charge is 2.21. The van der Waals surface area contributed by atoms with Gasteiger partial charge in [-0.25, -0.2) is 36.4 Å². The Bertz CT molecular complexity index is 1080. The summed E-state index contributed by atoms with van der Waals surface area (Å²) in [5.41, 5.74) is 0.411. The SMILES string of the molecule is Cc1cccc(-n2nc(C(F)F)cc2-c2ccc(S(N)(=O)=O)c(F)c2)n1. The number of aryl methyl sites for hydroxylation is 1. The molecule has 0 spiro atoms. The number of primary sulfonamides is 1. The molecule has 136 valence electrons. The summed E-state index contributed by atoms with van der Waals surface area (Å²) >= 11 is 0. The maximum Gasteiger partial charge on any atom is 0.282 e. The molecule has 26 heavy (non-hydrogen) atoms. The van der Waals surface area contributed by atoms with Crippen LogP contribution < -0.4 is 5.14 Å². The van der Waals surface area contributed by atoms with Crippen molar-refractivity contribution in [3.05, 3.63) is 59.7 Å². The lowest BCUT2D eigenvalue weighted by molar-refractivity contribution is 0.145. The molecule has 0 amide bonds. The molecule has 10 heteroatoms. The Morgan fingerprint density at radius 2 is 1.88 bits per heavy atom. The molecule has 2 aromatic heterocycles. The molecule has 3 rings (SSSR count). The van der Waals surface area contributed by atoms with Gasteiger partial charge >= 0.3 is 0 Å². The second kappa shape index (κ2) is 6.54. The van der Waals surface area contributed by atoms with Crippen molar-refractivity contribution >= 4 is 10.0 Å². The fourth-order valence-corrected chi connectivity index (χ4v) is 3.01. The highest BCUT2D eigenvalue weighted by Crippen LogP contribution is 2.29. The normalized spacial score (nSPS) is 11.9. The lowest BCUT2D eigenvalue weighted by atomic mass is 10.1. The van der Waals surface area contributed by atoms with Gasteiger partial charge < -0.3 is 0 Å². The molecule has 6 nitrogen and oxygen atoms in total. The molecule has 0 aliphatic carbocycles. The third kappa shape index (κ3) is 3.46. The van der Waals surface area contributed by atoms with Crippen LogP contribution in [0.3, 0.4) is 0 Å². The average Bonchev–Trinajstić information content (AvgIpc) is 2.99. The van der Waals surface area contributed by atoms with Gasteiger partial charge in [0, 0.05) is 11.3 Å². The van der Waals surface area contributed by atoms with Gasteiger partial charge in [-0.1, -0.05) is 12.1 Å². The van der Waals surface area contributed by atoms with E-state index in [1.807, 2.05) is 0 Å². The first-order chi connectivity index (χ1) is 12.2. The number of benzene rings is 1. The molecule has 0 aliphatic rings. The summed E-state index contributed by atoms with van der Waals surface area (Å²) in [7, 11) is -4.24. The minimum Gasteiger partial charge on any atom is -0.234 e. The number of hydrogen-bond donors (Lipinski definition) is 1. The van der Waals surface area contributed by atoms with Gasteiger partial charge in [0.25, 0.3) is 6.43 Å². The summed E-state index contributed by atoms with van der Waals surface area (Å²) in [5, 5.41) is 8.77. The Morgan fingerprint density at radius 3 is 2.46 bits per heavy atom. The Balaban J connectivity index is 2.20. The second-order valence-corrected chi connectivity index (χ2v) is 7.02. The van der Waals surface area contributed by atoms with Crippen LogP contribution in [0, 0.1) is 12.7 Å². The predicted molar refractivity (Wildman–Crippen MR) is 87.8 cm³/mol. The summed E-state index contributed by atoms with van der Waals surface area (Å²) < 4.78 is 64.2. The number of sulfonamides is 1. The fraction of sp³-hybridized carbons (Fsp3) is 0.125. The summed E-state index contributed by atoms with van der Waals surface area (Å²) in [6.07, 6.45) is -2.84. The quantitative estimate of drug-likeness (QED) is 0.751. The van der Waals surface area contributed by atoms with Gasteiger partial charge in [0.2, 0.25) is 10.0 Å². The molecule has 2 N–H and O–H groups in total. The van der Waals surface area contributed by atoms with Gasteiger partial charge in [0.05, 0.1) is 5.69 Å². The minimum atomic E-state index is -4.24. The lowest BCUT2D eigenvalue weighted by Crippen LogP contribution is -2.14. The van der Waals surface area contributed by atoms with E-state index in [4.69, 9.17) is 5.14 Å². The van der Waals surface area contributed by atoms with Gasteiger partial charge in [0.1, 0.15) is 16.4 Å². The predicted octanol–water partition coefficient (Wildman–Crippen LogP) is 2.97. The molecule has 0 saturated heterocycles. The van der Waals surface area contributed by atoms with Crippen LogP contribution in [0.25, 0.3) is 17.1 Å². The van der Waals surface area contributed by atoms with Crippen molar-refractivity contribution in [3.63, 3.8) is 0 Å². The maximum atomic E-state index is 14.1. The number of halogens is 3. The first-order valence-electron chi connectivity index (χ1n) is 7.31. The summed E-state index contributed by atoms with van der Waals surface area (Å²) in [6.45, 7) is 1.72. The van der Waals surface area contributed by atoms with Crippen LogP contribution in [-0.2, 0) is 10.0 Å². The number of alkyl halides is 2. The molecule has 0 bridgehead atoms. The topological polar surface area (TPSA) is 90.9 Å². The maximum absolute atomic E-state index is 14.1. The van der Waals surface area contributed by atoms with Crippen LogP contribution in [0.2, 0.25) is 0 Å². The van der Waals surface area contributed by atoms with Crippen LogP contribution in [0.4, 0.5) is 13.2 Å². The average molecular weight is 382 g/mol. The van der Waals surface area contributed by atoms with E-state index in [0.717, 1.165) is 22.9 Å². The van der Waals surface area contributed by atoms with Crippen molar-refractivity contribution in [3.8, 4) is 17.1 Å². The van der Waals surface area contributed by atoms with Gasteiger partial charge in [0.15, 0.2) is 5.82 Å². The summed E-state index contributed by atoms with van der Waals surface area (Å²) in [5.74, 6) is -0.823. The molecular weight excluding hydrogens is 369 g/mol. The van der Waals surface area contributed by atoms with E-state index >= 15 is 0 Å². The first-order valence-corrected chi connectivity index (χ1v) is 8.86. The highest BCUT2D eigenvalue weighted by molar-refractivity contribution is 7.89. The van der Waals surface area contributed by atoms with Gasteiger partial charge in [-0.2, -0.15) is 5.10 Å². The van der Waals surface area contributed by atoms with Crippen molar-refractivity contribution < 1.29 is 21.6 Å². The third-order valence-corrected chi connectivity index (χ3v) is 4.52.